The van der Waals surface area contributed by atoms with Crippen molar-refractivity contribution in [3.05, 3.63) is 204 Å². The molecule has 0 radical (unpaired) electrons. The molecule has 0 saturated carbocycles. The summed E-state index contributed by atoms with van der Waals surface area (Å²) in [4.78, 5) is 47.2. The van der Waals surface area contributed by atoms with E-state index in [1.807, 2.05) is 84.9 Å². The Morgan fingerprint density at radius 3 is 0.628 bits per heavy atom. The first-order valence-corrected chi connectivity index (χ1v) is 13.3. The molecule has 6 aromatic rings. The molecule has 0 amide bonds. The third kappa shape index (κ3) is 12.3. The fraction of sp³-hybridized carbons (Fsp3) is 0. The van der Waals surface area contributed by atoms with Crippen molar-refractivity contribution in [1.29, 1.82) is 0 Å². The first-order valence-electron chi connectivity index (χ1n) is 13.3. The minimum absolute atomic E-state index is 0. The third-order valence-electron chi connectivity index (χ3n) is 5.67. The first kappa shape index (κ1) is 34.3. The van der Waals surface area contributed by atoms with E-state index in [2.05, 4.69) is 0 Å². The number of rotatable bonds is 6. The van der Waals surface area contributed by atoms with Crippen LogP contribution < -0.4 is 0 Å². The summed E-state index contributed by atoms with van der Waals surface area (Å²) in [5, 5.41) is 0. The molecule has 0 fully saturated rings. The topological polar surface area (TPSA) is 68.3 Å². The van der Waals surface area contributed by atoms with Crippen LogP contribution in [0.1, 0.15) is 41.4 Å². The Kier molecular flexibility index (Phi) is 16.0. The molecule has 0 saturated heterocycles. The molecule has 43 heavy (non-hydrogen) atoms. The smallest absolute Gasteiger partial charge is 0.233 e. The Hall–Kier alpha value is -4.87. The molecule has 6 rings (SSSR count). The second kappa shape index (κ2) is 20.1. The van der Waals surface area contributed by atoms with Crippen LogP contribution in [-0.4, -0.2) is 23.1 Å². The van der Waals surface area contributed by atoms with Gasteiger partial charge in [-0.25, -0.2) is 24.3 Å². The molecular weight excluding hydrogens is 699 g/mol. The van der Waals surface area contributed by atoms with Crippen molar-refractivity contribution in [2.45, 2.75) is 0 Å². The maximum Gasteiger partial charge on any atom is 0.233 e. The molecule has 0 aliphatic rings. The number of carbonyl (C=O) groups excluding carboxylic acids is 4. The van der Waals surface area contributed by atoms with Crippen LogP contribution in [0.2, 0.25) is 0 Å². The predicted octanol–water partition coefficient (Wildman–Crippen LogP) is 8.31. The van der Waals surface area contributed by atoms with E-state index in [1.54, 1.807) is 97.1 Å². The van der Waals surface area contributed by atoms with Crippen molar-refractivity contribution in [1.82, 2.24) is 0 Å². The minimum atomic E-state index is -0.466. The summed E-state index contributed by atoms with van der Waals surface area (Å²) in [6.07, 6.45) is 0. The van der Waals surface area contributed by atoms with E-state index in [0.717, 1.165) is 0 Å². The van der Waals surface area contributed by atoms with Gasteiger partial charge in [-0.3, -0.25) is 19.2 Å². The Labute approximate surface area is 271 Å². The van der Waals surface area contributed by atoms with Crippen LogP contribution in [0.15, 0.2) is 182 Å². The number of benzene rings is 4. The Morgan fingerprint density at radius 1 is 0.302 bits per heavy atom. The SMILES string of the molecule is O=C(C(=O)c1ccccc1)c1ccccc1.O=C(C(=O)c1ccccc1)c1ccccc1.[Hf].c1cc[cH-]c1.c1cc[cH-]c1. The summed E-state index contributed by atoms with van der Waals surface area (Å²) in [6.45, 7) is 0. The molecule has 0 heterocycles. The van der Waals surface area contributed by atoms with Gasteiger partial charge in [0.15, 0.2) is 0 Å². The van der Waals surface area contributed by atoms with E-state index in [-0.39, 0.29) is 25.8 Å². The van der Waals surface area contributed by atoms with Crippen molar-refractivity contribution >= 4 is 23.1 Å². The molecule has 6 aromatic carbocycles. The molecule has 4 nitrogen and oxygen atoms in total. The second-order valence-electron chi connectivity index (χ2n) is 8.71. The maximum atomic E-state index is 11.8. The van der Waals surface area contributed by atoms with Gasteiger partial charge in [0.05, 0.1) is 0 Å². The van der Waals surface area contributed by atoms with Crippen molar-refractivity contribution in [2.24, 2.45) is 0 Å². The van der Waals surface area contributed by atoms with E-state index in [0.29, 0.717) is 22.3 Å². The van der Waals surface area contributed by atoms with Gasteiger partial charge in [0.2, 0.25) is 23.1 Å². The van der Waals surface area contributed by atoms with Gasteiger partial charge in [0.1, 0.15) is 0 Å². The fourth-order valence-corrected chi connectivity index (χ4v) is 3.52. The number of carbonyl (C=O) groups is 4. The van der Waals surface area contributed by atoms with Gasteiger partial charge >= 0.3 is 0 Å². The molecule has 212 valence electrons. The minimum Gasteiger partial charge on any atom is -0.285 e. The standard InChI is InChI=1S/2C14H10O2.2C5H5.Hf/c2*15-13(11-7-3-1-4-8-11)14(16)12-9-5-2-6-10-12;2*1-2-4-5-3-1;/h2*1-10H;2*1-5H;/q;;2*-1;. The van der Waals surface area contributed by atoms with Crippen molar-refractivity contribution in [2.75, 3.05) is 0 Å². The summed E-state index contributed by atoms with van der Waals surface area (Å²) in [7, 11) is 0. The zero-order valence-corrected chi connectivity index (χ0v) is 27.0. The normalized spacial score (nSPS) is 9.12. The van der Waals surface area contributed by atoms with Crippen LogP contribution in [0, 0.1) is 0 Å². The summed E-state index contributed by atoms with van der Waals surface area (Å²) in [5.41, 5.74) is 1.71. The fourth-order valence-electron chi connectivity index (χ4n) is 3.52. The van der Waals surface area contributed by atoms with E-state index < -0.39 is 23.1 Å². The van der Waals surface area contributed by atoms with Gasteiger partial charge in [-0.15, -0.1) is 0 Å². The Bertz CT molecular complexity index is 1330. The first-order chi connectivity index (χ1) is 20.6. The van der Waals surface area contributed by atoms with Crippen LogP contribution in [0.5, 0.6) is 0 Å². The summed E-state index contributed by atoms with van der Waals surface area (Å²) in [5.74, 6) is -1.86. The van der Waals surface area contributed by atoms with E-state index in [9.17, 15) is 19.2 Å². The van der Waals surface area contributed by atoms with E-state index >= 15 is 0 Å². The molecule has 0 N–H and O–H groups in total. The maximum absolute atomic E-state index is 11.8. The van der Waals surface area contributed by atoms with Gasteiger partial charge in [-0.2, -0.15) is 36.4 Å². The van der Waals surface area contributed by atoms with Crippen LogP contribution in [-0.2, 0) is 25.8 Å². The van der Waals surface area contributed by atoms with Crippen molar-refractivity contribution < 1.29 is 45.0 Å². The van der Waals surface area contributed by atoms with Crippen LogP contribution in [0.4, 0.5) is 0 Å². The quantitative estimate of drug-likeness (QED) is 0.0749. The molecule has 0 atom stereocenters. The number of Topliss-reactive ketones (excluding diaryl/α,β-unsaturated/α-hetero) is 4. The summed E-state index contributed by atoms with van der Waals surface area (Å²) >= 11 is 0. The number of ketones is 4. The molecule has 0 spiro atoms. The van der Waals surface area contributed by atoms with Gasteiger partial charge in [0.25, 0.3) is 0 Å². The number of hydrogen-bond donors (Lipinski definition) is 0. The molecule has 0 bridgehead atoms. The summed E-state index contributed by atoms with van der Waals surface area (Å²) in [6, 6.07) is 54.3. The van der Waals surface area contributed by atoms with E-state index in [1.165, 1.54) is 0 Å². The number of hydrogen-bond acceptors (Lipinski definition) is 4. The zero-order valence-electron chi connectivity index (χ0n) is 23.5. The molecule has 0 unspecified atom stereocenters. The van der Waals surface area contributed by atoms with Gasteiger partial charge < -0.3 is 0 Å². The van der Waals surface area contributed by atoms with Crippen LogP contribution in [0.25, 0.3) is 0 Å². The molecule has 0 aliphatic heterocycles. The molecule has 5 heteroatoms. The Morgan fingerprint density at radius 2 is 0.488 bits per heavy atom. The van der Waals surface area contributed by atoms with Gasteiger partial charge in [0, 0.05) is 48.1 Å². The molecular formula is C38H30HfO4-2. The van der Waals surface area contributed by atoms with Crippen molar-refractivity contribution in [3.8, 4) is 0 Å². The average Bonchev–Trinajstić information content (AvgIpc) is 3.86. The van der Waals surface area contributed by atoms with E-state index in [4.69, 9.17) is 0 Å². The van der Waals surface area contributed by atoms with Gasteiger partial charge in [-0.05, 0) is 0 Å². The molecule has 0 aromatic heterocycles. The Balaban J connectivity index is 0.000000223. The second-order valence-corrected chi connectivity index (χ2v) is 8.71. The third-order valence-corrected chi connectivity index (χ3v) is 5.67. The van der Waals surface area contributed by atoms with Crippen LogP contribution >= 0.6 is 0 Å². The van der Waals surface area contributed by atoms with Gasteiger partial charge in [-0.1, -0.05) is 121 Å². The predicted molar refractivity (Wildman–Crippen MR) is 167 cm³/mol. The van der Waals surface area contributed by atoms with Crippen LogP contribution in [0.3, 0.4) is 0 Å². The molecule has 0 aliphatic carbocycles. The monoisotopic (exact) mass is 730 g/mol. The summed E-state index contributed by atoms with van der Waals surface area (Å²) < 4.78 is 0. The average molecular weight is 729 g/mol. The largest absolute Gasteiger partial charge is 0.285 e. The zero-order chi connectivity index (χ0) is 29.8. The van der Waals surface area contributed by atoms with Crippen molar-refractivity contribution in [3.63, 3.8) is 0 Å².